The quantitative estimate of drug-likeness (QED) is 0.523. The summed E-state index contributed by atoms with van der Waals surface area (Å²) in [4.78, 5) is 20.9. The van der Waals surface area contributed by atoms with E-state index in [1.807, 2.05) is 0 Å². The molecule has 0 spiro atoms. The van der Waals surface area contributed by atoms with Gasteiger partial charge in [0.1, 0.15) is 10.6 Å². The molecule has 0 fully saturated rings. The average molecular weight is 294 g/mol. The monoisotopic (exact) mass is 293 g/mol. The minimum Gasteiger partial charge on any atom is -0.480 e. The van der Waals surface area contributed by atoms with Crippen LogP contribution in [-0.4, -0.2) is 20.7 Å². The van der Waals surface area contributed by atoms with Gasteiger partial charge in [-0.2, -0.15) is 0 Å². The Balaban J connectivity index is 3.27. The van der Waals surface area contributed by atoms with Crippen molar-refractivity contribution in [3.05, 3.63) is 33.1 Å². The molecule has 8 heteroatoms. The minimum atomic E-state index is -1.31. The number of hydrogen-bond donors (Lipinski definition) is 1. The third kappa shape index (κ3) is 3.11. The molecule has 0 unspecified atom stereocenters. The second-order valence-corrected chi connectivity index (χ2v) is 5.98. The zero-order valence-electron chi connectivity index (χ0n) is 9.44. The van der Waals surface area contributed by atoms with Gasteiger partial charge in [0.15, 0.2) is 0 Å². The lowest BCUT2D eigenvalue weighted by Gasteiger charge is -2.18. The summed E-state index contributed by atoms with van der Waals surface area (Å²) in [5.74, 6) is -1.98. The van der Waals surface area contributed by atoms with E-state index in [0.717, 1.165) is 12.1 Å². The fourth-order valence-corrected chi connectivity index (χ4v) is 2.26. The van der Waals surface area contributed by atoms with Crippen molar-refractivity contribution in [1.29, 1.82) is 0 Å². The van der Waals surface area contributed by atoms with Crippen LogP contribution in [0.25, 0.3) is 0 Å². The highest BCUT2D eigenvalue weighted by Gasteiger charge is 2.32. The Bertz CT molecular complexity index is 521. The van der Waals surface area contributed by atoms with Gasteiger partial charge in [-0.25, -0.2) is 4.39 Å². The Hall–Kier alpha value is -1.34. The minimum absolute atomic E-state index is 0.0747. The third-order valence-corrected chi connectivity index (χ3v) is 3.60. The molecule has 0 aliphatic carbocycles. The second kappa shape index (κ2) is 5.11. The van der Waals surface area contributed by atoms with E-state index in [2.05, 4.69) is 0 Å². The van der Waals surface area contributed by atoms with Gasteiger partial charge in [-0.05, 0) is 19.9 Å². The smallest absolute Gasteiger partial charge is 0.319 e. The number of halogens is 2. The SMILES string of the molecule is CC(C)(Sc1cc(F)c(Cl)cc1[N+](=O)[O-])C(=O)O. The summed E-state index contributed by atoms with van der Waals surface area (Å²) in [5.41, 5.74) is -0.416. The Morgan fingerprint density at radius 2 is 2.11 bits per heavy atom. The average Bonchev–Trinajstić information content (AvgIpc) is 2.22. The lowest BCUT2D eigenvalue weighted by Crippen LogP contribution is -2.27. The molecule has 18 heavy (non-hydrogen) atoms. The zero-order chi connectivity index (χ0) is 14.1. The van der Waals surface area contributed by atoms with Crippen molar-refractivity contribution in [1.82, 2.24) is 0 Å². The van der Waals surface area contributed by atoms with Crippen molar-refractivity contribution in [2.24, 2.45) is 0 Å². The number of carboxylic acid groups (broad SMARTS) is 1. The third-order valence-electron chi connectivity index (χ3n) is 2.08. The summed E-state index contributed by atoms with van der Waals surface area (Å²) in [6, 6.07) is 1.74. The van der Waals surface area contributed by atoms with Gasteiger partial charge in [-0.15, -0.1) is 11.8 Å². The molecule has 1 aromatic carbocycles. The maximum Gasteiger partial charge on any atom is 0.319 e. The summed E-state index contributed by atoms with van der Waals surface area (Å²) in [5, 5.41) is 19.4. The fourth-order valence-electron chi connectivity index (χ4n) is 1.06. The van der Waals surface area contributed by atoms with E-state index in [0.29, 0.717) is 11.8 Å². The lowest BCUT2D eigenvalue weighted by molar-refractivity contribution is -0.387. The number of hydrogen-bond acceptors (Lipinski definition) is 4. The number of aliphatic carboxylic acids is 1. The maximum absolute atomic E-state index is 13.3. The van der Waals surface area contributed by atoms with Crippen LogP contribution in [-0.2, 0) is 4.79 Å². The van der Waals surface area contributed by atoms with Gasteiger partial charge in [0.2, 0.25) is 0 Å². The van der Waals surface area contributed by atoms with Crippen molar-refractivity contribution in [3.8, 4) is 0 Å². The first-order valence-electron chi connectivity index (χ1n) is 4.71. The molecular weight excluding hydrogens is 285 g/mol. The van der Waals surface area contributed by atoms with E-state index in [1.54, 1.807) is 0 Å². The molecule has 0 saturated carbocycles. The second-order valence-electron chi connectivity index (χ2n) is 3.91. The Labute approximate surface area is 111 Å². The van der Waals surface area contributed by atoms with E-state index in [9.17, 15) is 19.3 Å². The topological polar surface area (TPSA) is 80.4 Å². The normalized spacial score (nSPS) is 11.3. The lowest BCUT2D eigenvalue weighted by atomic mass is 10.2. The molecule has 0 saturated heterocycles. The van der Waals surface area contributed by atoms with Gasteiger partial charge in [0, 0.05) is 6.07 Å². The van der Waals surface area contributed by atoms with E-state index in [-0.39, 0.29) is 9.92 Å². The van der Waals surface area contributed by atoms with Gasteiger partial charge >= 0.3 is 5.97 Å². The molecule has 0 aromatic heterocycles. The van der Waals surface area contributed by atoms with Gasteiger partial charge < -0.3 is 5.11 Å². The van der Waals surface area contributed by atoms with Crippen molar-refractivity contribution < 1.29 is 19.2 Å². The van der Waals surface area contributed by atoms with Crippen molar-refractivity contribution in [3.63, 3.8) is 0 Å². The molecule has 0 aliphatic heterocycles. The first-order chi connectivity index (χ1) is 8.15. The van der Waals surface area contributed by atoms with Gasteiger partial charge in [0.25, 0.3) is 5.69 Å². The molecule has 5 nitrogen and oxygen atoms in total. The molecule has 0 aliphatic rings. The number of thioether (sulfide) groups is 1. The molecule has 0 atom stereocenters. The summed E-state index contributed by atoms with van der Waals surface area (Å²) in [6.07, 6.45) is 0. The van der Waals surface area contributed by atoms with Crippen LogP contribution in [0.15, 0.2) is 17.0 Å². The number of nitro groups is 1. The summed E-state index contributed by atoms with van der Waals surface area (Å²) in [6.45, 7) is 2.74. The Kier molecular flexibility index (Phi) is 4.18. The first kappa shape index (κ1) is 14.7. The number of benzene rings is 1. The number of carbonyl (C=O) groups is 1. The largest absolute Gasteiger partial charge is 0.480 e. The predicted octanol–water partition coefficient (Wildman–Crippen LogP) is 3.34. The van der Waals surface area contributed by atoms with E-state index >= 15 is 0 Å². The molecule has 0 heterocycles. The van der Waals surface area contributed by atoms with Crippen LogP contribution in [0.4, 0.5) is 10.1 Å². The molecule has 1 aromatic rings. The predicted molar refractivity (Wildman–Crippen MR) is 65.6 cm³/mol. The number of rotatable bonds is 4. The van der Waals surface area contributed by atoms with E-state index in [4.69, 9.17) is 16.7 Å². The summed E-state index contributed by atoms with van der Waals surface area (Å²) < 4.78 is 12.0. The summed E-state index contributed by atoms with van der Waals surface area (Å²) >= 11 is 6.15. The highest BCUT2D eigenvalue weighted by atomic mass is 35.5. The van der Waals surface area contributed by atoms with Gasteiger partial charge in [0.05, 0.1) is 14.8 Å². The molecule has 0 radical (unpaired) electrons. The van der Waals surface area contributed by atoms with Gasteiger partial charge in [-0.3, -0.25) is 14.9 Å². The van der Waals surface area contributed by atoms with Crippen molar-refractivity contribution >= 4 is 35.0 Å². The van der Waals surface area contributed by atoms with Crippen molar-refractivity contribution in [2.45, 2.75) is 23.5 Å². The van der Waals surface area contributed by atoms with Crippen LogP contribution in [0.2, 0.25) is 5.02 Å². The van der Waals surface area contributed by atoms with Crippen LogP contribution in [0, 0.1) is 15.9 Å². The zero-order valence-corrected chi connectivity index (χ0v) is 11.0. The molecule has 98 valence electrons. The number of nitro benzene ring substituents is 1. The van der Waals surface area contributed by atoms with Crippen molar-refractivity contribution in [2.75, 3.05) is 0 Å². The molecule has 1 rings (SSSR count). The standard InChI is InChI=1S/C10H9ClFNO4S/c1-10(2,9(14)15)18-8-4-6(12)5(11)3-7(8)13(16)17/h3-4H,1-2H3,(H,14,15). The van der Waals surface area contributed by atoms with Crippen LogP contribution < -0.4 is 0 Å². The first-order valence-corrected chi connectivity index (χ1v) is 5.90. The molecule has 1 N–H and O–H groups in total. The van der Waals surface area contributed by atoms with Crippen LogP contribution in [0.1, 0.15) is 13.8 Å². The highest BCUT2D eigenvalue weighted by Crippen LogP contribution is 2.40. The summed E-state index contributed by atoms with van der Waals surface area (Å²) in [7, 11) is 0. The maximum atomic E-state index is 13.3. The number of nitrogens with zero attached hydrogens (tertiary/aromatic N) is 1. The highest BCUT2D eigenvalue weighted by molar-refractivity contribution is 8.01. The number of carboxylic acids is 1. The molecular formula is C10H9ClFNO4S. The van der Waals surface area contributed by atoms with Gasteiger partial charge in [-0.1, -0.05) is 11.6 Å². The van der Waals surface area contributed by atoms with E-state index < -0.39 is 27.1 Å². The van der Waals surface area contributed by atoms with Crippen LogP contribution in [0.5, 0.6) is 0 Å². The Morgan fingerprint density at radius 3 is 2.56 bits per heavy atom. The van der Waals surface area contributed by atoms with E-state index in [1.165, 1.54) is 13.8 Å². The van der Waals surface area contributed by atoms with Crippen LogP contribution in [0.3, 0.4) is 0 Å². The van der Waals surface area contributed by atoms with Crippen LogP contribution >= 0.6 is 23.4 Å². The molecule has 0 amide bonds. The Morgan fingerprint density at radius 1 is 1.56 bits per heavy atom. The molecule has 0 bridgehead atoms. The fraction of sp³-hybridized carbons (Fsp3) is 0.300.